The van der Waals surface area contributed by atoms with E-state index in [2.05, 4.69) is 9.97 Å². The molecule has 0 unspecified atom stereocenters. The summed E-state index contributed by atoms with van der Waals surface area (Å²) in [7, 11) is 0. The number of rotatable bonds is 10. The van der Waals surface area contributed by atoms with Gasteiger partial charge in [-0.25, -0.2) is 14.8 Å². The van der Waals surface area contributed by atoms with Gasteiger partial charge in [0.05, 0.1) is 17.2 Å². The Balaban J connectivity index is 1.63. The number of thioether (sulfide) groups is 1. The molecule has 0 bridgehead atoms. The van der Waals surface area contributed by atoms with E-state index < -0.39 is 24.3 Å². The number of carboxylic acids is 1. The highest BCUT2D eigenvalue weighted by molar-refractivity contribution is 7.99. The Bertz CT molecular complexity index is 1130. The Morgan fingerprint density at radius 3 is 2.47 bits per heavy atom. The maximum absolute atomic E-state index is 13.2. The van der Waals surface area contributed by atoms with Gasteiger partial charge < -0.3 is 14.6 Å². The lowest BCUT2D eigenvalue weighted by atomic mass is 10.1. The van der Waals surface area contributed by atoms with Gasteiger partial charge in [0.15, 0.2) is 12.4 Å². The Morgan fingerprint density at radius 1 is 1.12 bits per heavy atom. The van der Waals surface area contributed by atoms with Crippen LogP contribution in [0.3, 0.4) is 0 Å². The fourth-order valence-corrected chi connectivity index (χ4v) is 4.16. The average molecular weight is 493 g/mol. The first kappa shape index (κ1) is 25.4. The first-order valence-corrected chi connectivity index (χ1v) is 11.4. The minimum absolute atomic E-state index is 0.158. The Labute approximate surface area is 199 Å². The van der Waals surface area contributed by atoms with E-state index in [1.54, 1.807) is 23.9 Å². The molecule has 0 spiro atoms. The molecular weight excluding hydrogens is 469 g/mol. The molecule has 0 fully saturated rings. The van der Waals surface area contributed by atoms with Crippen LogP contribution in [0.4, 0.5) is 13.2 Å². The average Bonchev–Trinajstić information content (AvgIpc) is 2.78. The van der Waals surface area contributed by atoms with Crippen molar-refractivity contribution in [3.63, 3.8) is 0 Å². The maximum atomic E-state index is 13.2. The third kappa shape index (κ3) is 7.11. The van der Waals surface area contributed by atoms with E-state index in [0.29, 0.717) is 17.9 Å². The van der Waals surface area contributed by atoms with Crippen molar-refractivity contribution < 1.29 is 32.5 Å². The Morgan fingerprint density at radius 2 is 1.82 bits per heavy atom. The SMILES string of the molecule is Cc1cc(SCC[C@@H](C)Oc2ccc(C(F)(F)F)cc2-c2ncccn2)ccc1OCC(=O)O. The molecule has 0 aliphatic carbocycles. The van der Waals surface area contributed by atoms with Gasteiger partial charge in [-0.15, -0.1) is 11.8 Å². The number of benzene rings is 2. The lowest BCUT2D eigenvalue weighted by Crippen LogP contribution is -2.14. The van der Waals surface area contributed by atoms with Crippen LogP contribution in [0, 0.1) is 6.92 Å². The number of halogens is 3. The van der Waals surface area contributed by atoms with E-state index >= 15 is 0 Å². The number of carbonyl (C=O) groups is 1. The summed E-state index contributed by atoms with van der Waals surface area (Å²) in [5.41, 5.74) is 0.215. The molecular formula is C24H23F3N2O4S. The number of ether oxygens (including phenoxy) is 2. The van der Waals surface area contributed by atoms with Crippen LogP contribution in [0.25, 0.3) is 11.4 Å². The lowest BCUT2D eigenvalue weighted by molar-refractivity contribution is -0.139. The summed E-state index contributed by atoms with van der Waals surface area (Å²) < 4.78 is 50.9. The molecule has 1 heterocycles. The zero-order chi connectivity index (χ0) is 24.7. The summed E-state index contributed by atoms with van der Waals surface area (Å²) in [5, 5.41) is 8.73. The predicted octanol–water partition coefficient (Wildman–Crippen LogP) is 5.88. The highest BCUT2D eigenvalue weighted by atomic mass is 32.2. The number of aromatic nitrogens is 2. The van der Waals surface area contributed by atoms with Crippen LogP contribution in [-0.4, -0.2) is 39.5 Å². The van der Waals surface area contributed by atoms with Gasteiger partial charge in [0.1, 0.15) is 11.5 Å². The summed E-state index contributed by atoms with van der Waals surface area (Å²) in [6.45, 7) is 3.29. The van der Waals surface area contributed by atoms with Crippen molar-refractivity contribution in [3.8, 4) is 22.9 Å². The largest absolute Gasteiger partial charge is 0.490 e. The van der Waals surface area contributed by atoms with E-state index in [0.717, 1.165) is 22.6 Å². The second-order valence-electron chi connectivity index (χ2n) is 7.46. The van der Waals surface area contributed by atoms with Crippen molar-refractivity contribution in [2.75, 3.05) is 12.4 Å². The number of hydrogen-bond acceptors (Lipinski definition) is 6. The summed E-state index contributed by atoms with van der Waals surface area (Å²) in [6, 6.07) is 10.4. The van der Waals surface area contributed by atoms with Crippen LogP contribution >= 0.6 is 11.8 Å². The Kier molecular flexibility index (Phi) is 8.38. The fraction of sp³-hybridized carbons (Fsp3) is 0.292. The maximum Gasteiger partial charge on any atom is 0.416 e. The smallest absolute Gasteiger partial charge is 0.416 e. The highest BCUT2D eigenvalue weighted by Gasteiger charge is 2.31. The third-order valence-electron chi connectivity index (χ3n) is 4.73. The van der Waals surface area contributed by atoms with Crippen LogP contribution in [0.15, 0.2) is 59.8 Å². The van der Waals surface area contributed by atoms with Gasteiger partial charge in [-0.05, 0) is 68.3 Å². The molecule has 0 saturated heterocycles. The van der Waals surface area contributed by atoms with Crippen LogP contribution in [0.1, 0.15) is 24.5 Å². The molecule has 1 N–H and O–H groups in total. The van der Waals surface area contributed by atoms with Crippen molar-refractivity contribution >= 4 is 17.7 Å². The minimum Gasteiger partial charge on any atom is -0.490 e. The van der Waals surface area contributed by atoms with Gasteiger partial charge >= 0.3 is 12.1 Å². The van der Waals surface area contributed by atoms with E-state index in [1.165, 1.54) is 18.5 Å². The summed E-state index contributed by atoms with van der Waals surface area (Å²) >= 11 is 1.59. The lowest BCUT2D eigenvalue weighted by Gasteiger charge is -2.18. The summed E-state index contributed by atoms with van der Waals surface area (Å²) in [4.78, 5) is 19.8. The molecule has 0 aliphatic rings. The zero-order valence-electron chi connectivity index (χ0n) is 18.5. The Hall–Kier alpha value is -3.27. The molecule has 34 heavy (non-hydrogen) atoms. The van der Waals surface area contributed by atoms with Crippen LogP contribution in [0.2, 0.25) is 0 Å². The van der Waals surface area contributed by atoms with E-state index in [9.17, 15) is 18.0 Å². The second-order valence-corrected chi connectivity index (χ2v) is 8.62. The fourth-order valence-electron chi connectivity index (χ4n) is 3.05. The molecule has 1 atom stereocenters. The zero-order valence-corrected chi connectivity index (χ0v) is 19.3. The van der Waals surface area contributed by atoms with Gasteiger partial charge in [-0.3, -0.25) is 0 Å². The van der Waals surface area contributed by atoms with Crippen LogP contribution in [-0.2, 0) is 11.0 Å². The third-order valence-corrected chi connectivity index (χ3v) is 5.76. The predicted molar refractivity (Wildman–Crippen MR) is 122 cm³/mol. The second kappa shape index (κ2) is 11.2. The summed E-state index contributed by atoms with van der Waals surface area (Å²) in [6.07, 6.45) is -1.20. The number of carboxylic acid groups (broad SMARTS) is 1. The number of aryl methyl sites for hydroxylation is 1. The topological polar surface area (TPSA) is 81.5 Å². The van der Waals surface area contributed by atoms with Gasteiger partial charge in [-0.2, -0.15) is 13.2 Å². The number of alkyl halides is 3. The van der Waals surface area contributed by atoms with Gasteiger partial charge in [0, 0.05) is 23.0 Å². The molecule has 0 aliphatic heterocycles. The first-order chi connectivity index (χ1) is 16.1. The summed E-state index contributed by atoms with van der Waals surface area (Å²) in [5.74, 6) is 0.620. The normalized spacial score (nSPS) is 12.3. The van der Waals surface area contributed by atoms with Gasteiger partial charge in [0.25, 0.3) is 0 Å². The molecule has 6 nitrogen and oxygen atoms in total. The molecule has 2 aromatic carbocycles. The minimum atomic E-state index is -4.49. The number of hydrogen-bond donors (Lipinski definition) is 1. The molecule has 0 amide bonds. The van der Waals surface area contributed by atoms with Crippen molar-refractivity contribution in [2.45, 2.75) is 37.4 Å². The molecule has 1 aromatic heterocycles. The number of nitrogens with zero attached hydrogens (tertiary/aromatic N) is 2. The van der Waals surface area contributed by atoms with Crippen molar-refractivity contribution in [2.24, 2.45) is 0 Å². The molecule has 3 rings (SSSR count). The van der Waals surface area contributed by atoms with Gasteiger partial charge in [0.2, 0.25) is 0 Å². The standard InChI is InChI=1S/C24H23F3N2O4S/c1-15-12-18(5-7-20(15)32-14-22(30)31)34-11-8-16(2)33-21-6-4-17(24(25,26)27)13-19(21)23-28-9-3-10-29-23/h3-7,9-10,12-13,16H,8,11,14H2,1-2H3,(H,30,31)/t16-/m1/s1. The molecule has 180 valence electrons. The van der Waals surface area contributed by atoms with Crippen molar-refractivity contribution in [1.29, 1.82) is 0 Å². The molecule has 0 saturated carbocycles. The van der Waals surface area contributed by atoms with Gasteiger partial charge in [-0.1, -0.05) is 0 Å². The van der Waals surface area contributed by atoms with Crippen molar-refractivity contribution in [1.82, 2.24) is 9.97 Å². The highest BCUT2D eigenvalue weighted by Crippen LogP contribution is 2.36. The molecule has 0 radical (unpaired) electrons. The molecule has 10 heteroatoms. The monoisotopic (exact) mass is 492 g/mol. The van der Waals surface area contributed by atoms with E-state index in [-0.39, 0.29) is 23.2 Å². The van der Waals surface area contributed by atoms with Crippen LogP contribution < -0.4 is 9.47 Å². The van der Waals surface area contributed by atoms with Crippen LogP contribution in [0.5, 0.6) is 11.5 Å². The quantitative estimate of drug-likeness (QED) is 0.354. The van der Waals surface area contributed by atoms with E-state index in [4.69, 9.17) is 14.6 Å². The van der Waals surface area contributed by atoms with Crippen molar-refractivity contribution in [3.05, 3.63) is 66.0 Å². The first-order valence-electron chi connectivity index (χ1n) is 10.4. The number of aliphatic carboxylic acids is 1. The molecule has 3 aromatic rings. The van der Waals surface area contributed by atoms with E-state index in [1.807, 2.05) is 26.0 Å².